The van der Waals surface area contributed by atoms with Crippen molar-refractivity contribution in [1.82, 2.24) is 9.55 Å². The fraction of sp³-hybridized carbons (Fsp3) is 0.455. The molecule has 8 heteroatoms. The maximum absolute atomic E-state index is 11.7. The van der Waals surface area contributed by atoms with E-state index in [-0.39, 0.29) is 0 Å². The van der Waals surface area contributed by atoms with E-state index in [4.69, 9.17) is 16.3 Å². The highest BCUT2D eigenvalue weighted by Crippen LogP contribution is 2.40. The molecular weight excluding hydrogens is 276 g/mol. The van der Waals surface area contributed by atoms with Crippen LogP contribution in [0.15, 0.2) is 34.5 Å². The number of ether oxygens (including phenoxy) is 1. The normalized spacial score (nSPS) is 34.4. The van der Waals surface area contributed by atoms with E-state index in [0.717, 1.165) is 10.6 Å². The maximum atomic E-state index is 11.7. The molecule has 0 unspecified atom stereocenters. The van der Waals surface area contributed by atoms with Crippen LogP contribution in [0.2, 0.25) is 0 Å². The third-order valence-corrected chi connectivity index (χ3v) is 3.59. The third-order valence-electron chi connectivity index (χ3n) is 3.13. The van der Waals surface area contributed by atoms with Crippen molar-refractivity contribution in [2.45, 2.75) is 23.3 Å². The molecule has 1 aliphatic heterocycles. The highest BCUT2D eigenvalue weighted by Gasteiger charge is 2.53. The summed E-state index contributed by atoms with van der Waals surface area (Å²) in [4.78, 5) is 24.7. The van der Waals surface area contributed by atoms with Gasteiger partial charge in [0.25, 0.3) is 5.56 Å². The second-order valence-electron chi connectivity index (χ2n) is 4.23. The van der Waals surface area contributed by atoms with Crippen LogP contribution in [0, 0.1) is 0 Å². The molecule has 4 atom stereocenters. The Hall–Kier alpha value is -1.41. The van der Waals surface area contributed by atoms with Crippen LogP contribution in [0.25, 0.3) is 0 Å². The van der Waals surface area contributed by atoms with Gasteiger partial charge >= 0.3 is 5.69 Å². The number of aromatic nitrogens is 2. The van der Waals surface area contributed by atoms with Gasteiger partial charge in [-0.1, -0.05) is 6.08 Å². The number of aromatic amines is 1. The molecule has 0 aromatic carbocycles. The van der Waals surface area contributed by atoms with Gasteiger partial charge in [0.05, 0.1) is 6.61 Å². The second kappa shape index (κ2) is 4.93. The minimum Gasteiger partial charge on any atom is -0.393 e. The average Bonchev–Trinajstić information content (AvgIpc) is 2.64. The first-order chi connectivity index (χ1) is 8.95. The van der Waals surface area contributed by atoms with Gasteiger partial charge in [0.1, 0.15) is 17.1 Å². The van der Waals surface area contributed by atoms with Gasteiger partial charge in [-0.15, -0.1) is 18.2 Å². The van der Waals surface area contributed by atoms with E-state index in [2.05, 4.69) is 11.6 Å². The molecule has 0 radical (unpaired) electrons. The highest BCUT2D eigenvalue weighted by molar-refractivity contribution is 6.21. The lowest BCUT2D eigenvalue weighted by molar-refractivity contribution is -0.0973. The number of hydrogen-bond donors (Lipinski definition) is 3. The number of rotatable bonds is 3. The fourth-order valence-corrected chi connectivity index (χ4v) is 2.37. The largest absolute Gasteiger partial charge is 0.393 e. The van der Waals surface area contributed by atoms with E-state index in [9.17, 15) is 19.8 Å². The van der Waals surface area contributed by atoms with E-state index >= 15 is 0 Å². The van der Waals surface area contributed by atoms with E-state index < -0.39 is 41.2 Å². The van der Waals surface area contributed by atoms with E-state index in [1.807, 2.05) is 0 Å². The number of halogens is 1. The molecule has 2 heterocycles. The third kappa shape index (κ3) is 2.14. The van der Waals surface area contributed by atoms with E-state index in [1.54, 1.807) is 0 Å². The lowest BCUT2D eigenvalue weighted by Crippen LogP contribution is -2.43. The molecule has 1 aromatic heterocycles. The van der Waals surface area contributed by atoms with Gasteiger partial charge in [-0.05, 0) is 0 Å². The van der Waals surface area contributed by atoms with Crippen LogP contribution in [0.3, 0.4) is 0 Å². The summed E-state index contributed by atoms with van der Waals surface area (Å²) in [5.41, 5.74) is -2.71. The van der Waals surface area contributed by atoms with Crippen molar-refractivity contribution < 1.29 is 14.9 Å². The van der Waals surface area contributed by atoms with Gasteiger partial charge in [0.2, 0.25) is 0 Å². The maximum Gasteiger partial charge on any atom is 0.330 e. The second-order valence-corrected chi connectivity index (χ2v) is 4.74. The Kier molecular flexibility index (Phi) is 3.64. The Morgan fingerprint density at radius 3 is 2.79 bits per heavy atom. The summed E-state index contributed by atoms with van der Waals surface area (Å²) in [6, 6.07) is 1.13. The summed E-state index contributed by atoms with van der Waals surface area (Å²) in [6.07, 6.45) is 0.195. The van der Waals surface area contributed by atoms with Crippen LogP contribution in [0.4, 0.5) is 0 Å². The lowest BCUT2D eigenvalue weighted by atomic mass is 9.98. The first kappa shape index (κ1) is 14.0. The van der Waals surface area contributed by atoms with Crippen molar-refractivity contribution in [2.24, 2.45) is 0 Å². The molecule has 2 rings (SSSR count). The summed E-state index contributed by atoms with van der Waals surface area (Å²) in [5.74, 6) is 0. The number of hydrogen-bond acceptors (Lipinski definition) is 5. The molecule has 1 fully saturated rings. The number of aliphatic hydroxyl groups is 2. The smallest absolute Gasteiger partial charge is 0.330 e. The molecule has 0 aliphatic carbocycles. The molecule has 1 aliphatic rings. The summed E-state index contributed by atoms with van der Waals surface area (Å²) in [5, 5.41) is 18.4. The van der Waals surface area contributed by atoms with Gasteiger partial charge in [0, 0.05) is 12.3 Å². The Bertz CT molecular complexity index is 597. The number of aliphatic hydroxyl groups excluding tert-OH is 2. The summed E-state index contributed by atoms with van der Waals surface area (Å²) in [7, 11) is 0. The van der Waals surface area contributed by atoms with Gasteiger partial charge in [-0.25, -0.2) is 4.79 Å². The fourth-order valence-electron chi connectivity index (χ4n) is 1.99. The molecule has 0 spiro atoms. The van der Waals surface area contributed by atoms with Crippen molar-refractivity contribution >= 4 is 11.6 Å². The highest BCUT2D eigenvalue weighted by atomic mass is 35.5. The van der Waals surface area contributed by atoms with Crippen molar-refractivity contribution in [2.75, 3.05) is 6.61 Å². The Balaban J connectivity index is 2.45. The van der Waals surface area contributed by atoms with Crippen molar-refractivity contribution in [3.8, 4) is 0 Å². The molecule has 0 saturated carbocycles. The summed E-state index contributed by atoms with van der Waals surface area (Å²) < 4.78 is 6.51. The van der Waals surface area contributed by atoms with E-state index in [0.29, 0.717) is 0 Å². The molecule has 7 nitrogen and oxygen atoms in total. The Morgan fingerprint density at radius 2 is 2.32 bits per heavy atom. The first-order valence-electron chi connectivity index (χ1n) is 5.51. The molecule has 104 valence electrons. The standard InChI is InChI=1S/C11H13ClN2O5/c1-2-11(5-15)8(17)7(12)9(19-11)14-4-3-6(16)13-10(14)18/h2-4,7-9,15,17H,1,5H2,(H,13,16,18)/t7-,8-,9+,11+/m0/s1. The zero-order chi connectivity index (χ0) is 14.2. The van der Waals surface area contributed by atoms with Crippen LogP contribution < -0.4 is 11.2 Å². The number of H-pyrrole nitrogens is 1. The van der Waals surface area contributed by atoms with Crippen molar-refractivity contribution in [1.29, 1.82) is 0 Å². The molecule has 1 aromatic rings. The predicted molar refractivity (Wildman–Crippen MR) is 67.1 cm³/mol. The Morgan fingerprint density at radius 1 is 1.63 bits per heavy atom. The monoisotopic (exact) mass is 288 g/mol. The summed E-state index contributed by atoms with van der Waals surface area (Å²) >= 11 is 6.03. The Labute approximate surface area is 112 Å². The zero-order valence-corrected chi connectivity index (χ0v) is 10.6. The number of alkyl halides is 1. The lowest BCUT2D eigenvalue weighted by Gasteiger charge is -2.25. The van der Waals surface area contributed by atoms with Gasteiger partial charge in [-0.3, -0.25) is 14.3 Å². The minimum atomic E-state index is -1.44. The summed E-state index contributed by atoms with van der Waals surface area (Å²) in [6.45, 7) is 2.95. The number of nitrogens with zero attached hydrogens (tertiary/aromatic N) is 1. The molecule has 1 saturated heterocycles. The van der Waals surface area contributed by atoms with E-state index in [1.165, 1.54) is 12.3 Å². The van der Waals surface area contributed by atoms with Gasteiger partial charge < -0.3 is 14.9 Å². The van der Waals surface area contributed by atoms with Gasteiger partial charge in [0.15, 0.2) is 6.23 Å². The van der Waals surface area contributed by atoms with Crippen LogP contribution in [-0.4, -0.2) is 43.5 Å². The zero-order valence-electron chi connectivity index (χ0n) is 9.82. The van der Waals surface area contributed by atoms with Crippen molar-refractivity contribution in [3.63, 3.8) is 0 Å². The molecule has 0 amide bonds. The topological polar surface area (TPSA) is 105 Å². The SMILES string of the molecule is C=C[C@]1(CO)O[C@@H](n2ccc(=O)[nH]c2=O)[C@@H](Cl)[C@@H]1O. The average molecular weight is 289 g/mol. The molecule has 0 bridgehead atoms. The number of nitrogens with one attached hydrogen (secondary N) is 1. The minimum absolute atomic E-state index is 0.532. The van der Waals surface area contributed by atoms with Crippen LogP contribution in [0.5, 0.6) is 0 Å². The van der Waals surface area contributed by atoms with Crippen LogP contribution >= 0.6 is 11.6 Å². The first-order valence-corrected chi connectivity index (χ1v) is 5.94. The quantitative estimate of drug-likeness (QED) is 0.486. The van der Waals surface area contributed by atoms with Crippen LogP contribution in [0.1, 0.15) is 6.23 Å². The molecule has 3 N–H and O–H groups in total. The van der Waals surface area contributed by atoms with Gasteiger partial charge in [-0.2, -0.15) is 0 Å². The molecule has 19 heavy (non-hydrogen) atoms. The van der Waals surface area contributed by atoms with Crippen LogP contribution in [-0.2, 0) is 4.74 Å². The van der Waals surface area contributed by atoms with Crippen molar-refractivity contribution in [3.05, 3.63) is 45.8 Å². The molecular formula is C11H13ClN2O5. The predicted octanol–water partition coefficient (Wildman–Crippen LogP) is -1.05.